The Kier molecular flexibility index (Phi) is 2.91. The van der Waals surface area contributed by atoms with Gasteiger partial charge in [-0.25, -0.2) is 15.0 Å². The van der Waals surface area contributed by atoms with Gasteiger partial charge in [-0.1, -0.05) is 17.8 Å². The Morgan fingerprint density at radius 1 is 1.61 bits per heavy atom. The van der Waals surface area contributed by atoms with Crippen LogP contribution in [-0.2, 0) is 0 Å². The Morgan fingerprint density at radius 3 is 3.17 bits per heavy atom. The first-order valence-electron chi connectivity index (χ1n) is 5.23. The quantitative estimate of drug-likeness (QED) is 0.852. The first kappa shape index (κ1) is 11.5. The van der Waals surface area contributed by atoms with Crippen molar-refractivity contribution in [3.8, 4) is 6.07 Å². The normalized spacial score (nSPS) is 21.9. The molecular formula is C11H9N5S2. The van der Waals surface area contributed by atoms with Crippen LogP contribution < -0.4 is 5.43 Å². The summed E-state index contributed by atoms with van der Waals surface area (Å²) in [5, 5.41) is 13.7. The minimum atomic E-state index is -0.132. The van der Waals surface area contributed by atoms with Crippen molar-refractivity contribution in [3.63, 3.8) is 0 Å². The Morgan fingerprint density at radius 2 is 2.50 bits per heavy atom. The zero-order valence-electron chi connectivity index (χ0n) is 9.49. The van der Waals surface area contributed by atoms with E-state index >= 15 is 0 Å². The number of hydrogen-bond donors (Lipinski definition) is 1. The second-order valence-electron chi connectivity index (χ2n) is 3.61. The maximum atomic E-state index is 9.09. The molecule has 0 aromatic carbocycles. The molecule has 5 nitrogen and oxygen atoms in total. The van der Waals surface area contributed by atoms with Crippen LogP contribution in [0.3, 0.4) is 0 Å². The van der Waals surface area contributed by atoms with Crippen molar-refractivity contribution in [2.24, 2.45) is 9.98 Å². The molecule has 0 fully saturated rings. The number of rotatable bonds is 1. The number of aliphatic imine (C=N–C) groups is 2. The van der Waals surface area contributed by atoms with E-state index in [4.69, 9.17) is 5.26 Å². The molecule has 1 aromatic heterocycles. The molecule has 18 heavy (non-hydrogen) atoms. The van der Waals surface area contributed by atoms with Crippen LogP contribution in [0.5, 0.6) is 0 Å². The van der Waals surface area contributed by atoms with Gasteiger partial charge in [-0.05, 0) is 17.7 Å². The van der Waals surface area contributed by atoms with E-state index in [1.807, 2.05) is 23.8 Å². The number of thioether (sulfide) groups is 1. The second kappa shape index (κ2) is 4.57. The molecular weight excluding hydrogens is 266 g/mol. The van der Waals surface area contributed by atoms with Crippen LogP contribution in [0.25, 0.3) is 0 Å². The summed E-state index contributed by atoms with van der Waals surface area (Å²) in [6.45, 7) is 0. The van der Waals surface area contributed by atoms with Gasteiger partial charge in [0.1, 0.15) is 11.6 Å². The fourth-order valence-electron chi connectivity index (χ4n) is 1.76. The average molecular weight is 275 g/mol. The molecule has 1 aromatic rings. The second-order valence-corrected chi connectivity index (χ2v) is 5.36. The van der Waals surface area contributed by atoms with E-state index in [1.165, 1.54) is 11.8 Å². The number of nitriles is 1. The Balaban J connectivity index is 1.99. The fourth-order valence-corrected chi connectivity index (χ4v) is 2.95. The summed E-state index contributed by atoms with van der Waals surface area (Å²) in [5.74, 6) is 0.648. The number of hydrogen-bond acceptors (Lipinski definition) is 7. The van der Waals surface area contributed by atoms with Crippen molar-refractivity contribution in [1.29, 1.82) is 5.26 Å². The topological polar surface area (TPSA) is 63.8 Å². The van der Waals surface area contributed by atoms with Crippen molar-refractivity contribution >= 4 is 34.1 Å². The molecule has 0 radical (unpaired) electrons. The van der Waals surface area contributed by atoms with Crippen molar-refractivity contribution in [2.45, 2.75) is 6.17 Å². The molecule has 3 heterocycles. The summed E-state index contributed by atoms with van der Waals surface area (Å²) in [6.07, 6.45) is 3.38. The highest BCUT2D eigenvalue weighted by atomic mass is 32.2. The summed E-state index contributed by atoms with van der Waals surface area (Å²) in [4.78, 5) is 9.92. The van der Waals surface area contributed by atoms with E-state index in [0.717, 1.165) is 10.0 Å². The largest absolute Gasteiger partial charge is 0.239 e. The van der Waals surface area contributed by atoms with Crippen LogP contribution in [0.15, 0.2) is 39.3 Å². The lowest BCUT2D eigenvalue weighted by atomic mass is 10.2. The van der Waals surface area contributed by atoms with Gasteiger partial charge in [0.25, 0.3) is 0 Å². The van der Waals surface area contributed by atoms with Gasteiger partial charge in [-0.2, -0.15) is 10.7 Å². The zero-order valence-corrected chi connectivity index (χ0v) is 11.1. The number of hydrazine groups is 1. The number of fused-ring (bicyclic) bond motifs is 1. The highest BCUT2D eigenvalue weighted by molar-refractivity contribution is 8.13. The molecule has 0 bridgehead atoms. The van der Waals surface area contributed by atoms with Gasteiger partial charge in [0.2, 0.25) is 0 Å². The first-order valence-corrected chi connectivity index (χ1v) is 7.34. The molecule has 0 amide bonds. The summed E-state index contributed by atoms with van der Waals surface area (Å²) in [6, 6.07) is 6.14. The van der Waals surface area contributed by atoms with Gasteiger partial charge in [0, 0.05) is 4.88 Å². The Labute approximate surface area is 113 Å². The SMILES string of the molecule is CSC1=NC=C(C#N)C2=NC(c3cccs3)NN12. The molecule has 0 saturated carbocycles. The lowest BCUT2D eigenvalue weighted by molar-refractivity contribution is 0.427. The predicted molar refractivity (Wildman–Crippen MR) is 74.1 cm³/mol. The Hall–Kier alpha value is -1.62. The highest BCUT2D eigenvalue weighted by Crippen LogP contribution is 2.29. The van der Waals surface area contributed by atoms with Crippen molar-refractivity contribution < 1.29 is 0 Å². The van der Waals surface area contributed by atoms with Crippen LogP contribution in [0.2, 0.25) is 0 Å². The maximum Gasteiger partial charge on any atom is 0.184 e. The third-order valence-electron chi connectivity index (χ3n) is 2.57. The Bertz CT molecular complexity index is 593. The molecule has 1 atom stereocenters. The van der Waals surface area contributed by atoms with Crippen molar-refractivity contribution in [3.05, 3.63) is 34.2 Å². The third kappa shape index (κ3) is 1.75. The summed E-state index contributed by atoms with van der Waals surface area (Å²) < 4.78 is 0. The molecule has 0 aliphatic carbocycles. The fraction of sp³-hybridized carbons (Fsp3) is 0.182. The summed E-state index contributed by atoms with van der Waals surface area (Å²) in [7, 11) is 0. The van der Waals surface area contributed by atoms with Gasteiger partial charge in [-0.15, -0.1) is 11.3 Å². The molecule has 2 aliphatic heterocycles. The molecule has 0 spiro atoms. The van der Waals surface area contributed by atoms with E-state index in [1.54, 1.807) is 22.5 Å². The molecule has 2 aliphatic rings. The van der Waals surface area contributed by atoms with Gasteiger partial charge >= 0.3 is 0 Å². The van der Waals surface area contributed by atoms with Gasteiger partial charge in [-0.3, -0.25) is 0 Å². The smallest absolute Gasteiger partial charge is 0.184 e. The molecule has 7 heteroatoms. The lowest BCUT2D eigenvalue weighted by Gasteiger charge is -2.23. The third-order valence-corrected chi connectivity index (χ3v) is 4.14. The molecule has 0 saturated heterocycles. The number of nitrogens with one attached hydrogen (secondary N) is 1. The molecule has 90 valence electrons. The summed E-state index contributed by atoms with van der Waals surface area (Å²) in [5.41, 5.74) is 3.74. The number of nitrogens with zero attached hydrogens (tertiary/aromatic N) is 4. The van der Waals surface area contributed by atoms with Crippen LogP contribution in [0.1, 0.15) is 11.0 Å². The van der Waals surface area contributed by atoms with Crippen LogP contribution in [0, 0.1) is 11.3 Å². The van der Waals surface area contributed by atoms with Crippen LogP contribution >= 0.6 is 23.1 Å². The number of thiophene rings is 1. The van der Waals surface area contributed by atoms with E-state index in [9.17, 15) is 0 Å². The minimum Gasteiger partial charge on any atom is -0.239 e. The van der Waals surface area contributed by atoms with Gasteiger partial charge in [0.05, 0.1) is 6.20 Å². The van der Waals surface area contributed by atoms with Crippen molar-refractivity contribution in [2.75, 3.05) is 6.26 Å². The van der Waals surface area contributed by atoms with E-state index in [2.05, 4.69) is 21.5 Å². The van der Waals surface area contributed by atoms with E-state index in [0.29, 0.717) is 11.4 Å². The van der Waals surface area contributed by atoms with Crippen LogP contribution in [-0.4, -0.2) is 22.3 Å². The summed E-state index contributed by atoms with van der Waals surface area (Å²) >= 11 is 3.15. The van der Waals surface area contributed by atoms with Gasteiger partial charge < -0.3 is 0 Å². The average Bonchev–Trinajstić information content (AvgIpc) is 3.05. The molecule has 1 N–H and O–H groups in total. The first-order chi connectivity index (χ1) is 8.83. The van der Waals surface area contributed by atoms with E-state index < -0.39 is 0 Å². The van der Waals surface area contributed by atoms with E-state index in [-0.39, 0.29) is 6.17 Å². The molecule has 1 unspecified atom stereocenters. The minimum absolute atomic E-state index is 0.132. The lowest BCUT2D eigenvalue weighted by Crippen LogP contribution is -2.43. The predicted octanol–water partition coefficient (Wildman–Crippen LogP) is 2.11. The monoisotopic (exact) mass is 275 g/mol. The number of amidine groups is 2. The van der Waals surface area contributed by atoms with Gasteiger partial charge in [0.15, 0.2) is 17.2 Å². The zero-order chi connectivity index (χ0) is 12.5. The standard InChI is InChI=1S/C11H9N5S2/c1-17-11-13-6-7(5-12)10-14-9(15-16(10)11)8-3-2-4-18-8/h2-4,6,9,15H,1H3. The maximum absolute atomic E-state index is 9.09. The molecule has 3 rings (SSSR count). The highest BCUT2D eigenvalue weighted by Gasteiger charge is 2.33. The van der Waals surface area contributed by atoms with Crippen molar-refractivity contribution in [1.82, 2.24) is 10.4 Å². The van der Waals surface area contributed by atoms with Crippen LogP contribution in [0.4, 0.5) is 0 Å².